The van der Waals surface area contributed by atoms with Crippen LogP contribution in [0.1, 0.15) is 25.7 Å². The highest BCUT2D eigenvalue weighted by Gasteiger charge is 2.36. The molecular weight excluding hydrogens is 268 g/mol. The SMILES string of the molecule is COc1ccc(N2N=CC3CCCCC3C2=O)cc1OC. The molecule has 0 bridgehead atoms. The van der Waals surface area contributed by atoms with Crippen molar-refractivity contribution in [1.82, 2.24) is 0 Å². The molecule has 0 saturated heterocycles. The molecule has 21 heavy (non-hydrogen) atoms. The van der Waals surface area contributed by atoms with Crippen molar-refractivity contribution in [3.8, 4) is 11.5 Å². The van der Waals surface area contributed by atoms with Gasteiger partial charge >= 0.3 is 0 Å². The Balaban J connectivity index is 1.91. The molecule has 1 amide bonds. The number of hydrogen-bond donors (Lipinski definition) is 0. The van der Waals surface area contributed by atoms with Crippen molar-refractivity contribution in [3.05, 3.63) is 18.2 Å². The van der Waals surface area contributed by atoms with Crippen LogP contribution >= 0.6 is 0 Å². The van der Waals surface area contributed by atoms with Gasteiger partial charge in [0.05, 0.1) is 19.9 Å². The molecule has 112 valence electrons. The topological polar surface area (TPSA) is 51.1 Å². The van der Waals surface area contributed by atoms with Crippen LogP contribution in [0.3, 0.4) is 0 Å². The summed E-state index contributed by atoms with van der Waals surface area (Å²) >= 11 is 0. The molecule has 0 radical (unpaired) electrons. The van der Waals surface area contributed by atoms with Crippen molar-refractivity contribution >= 4 is 17.8 Å². The van der Waals surface area contributed by atoms with Gasteiger partial charge in [-0.15, -0.1) is 0 Å². The number of nitrogens with zero attached hydrogens (tertiary/aromatic N) is 2. The molecular formula is C16H20N2O3. The highest BCUT2D eigenvalue weighted by molar-refractivity contribution is 5.99. The number of benzene rings is 1. The summed E-state index contributed by atoms with van der Waals surface area (Å²) in [6, 6.07) is 5.42. The zero-order valence-electron chi connectivity index (χ0n) is 12.4. The summed E-state index contributed by atoms with van der Waals surface area (Å²) in [5.74, 6) is 1.72. The van der Waals surface area contributed by atoms with Crippen LogP contribution in [0.25, 0.3) is 0 Å². The van der Waals surface area contributed by atoms with Gasteiger partial charge in [-0.2, -0.15) is 5.10 Å². The molecule has 2 unspecified atom stereocenters. The second-order valence-corrected chi connectivity index (χ2v) is 5.51. The van der Waals surface area contributed by atoms with E-state index in [-0.39, 0.29) is 11.8 Å². The van der Waals surface area contributed by atoms with Crippen molar-refractivity contribution in [2.75, 3.05) is 19.2 Å². The number of carbonyl (C=O) groups is 1. The van der Waals surface area contributed by atoms with Crippen molar-refractivity contribution in [2.45, 2.75) is 25.7 Å². The van der Waals surface area contributed by atoms with E-state index in [1.165, 1.54) is 11.4 Å². The van der Waals surface area contributed by atoms with Gasteiger partial charge in [-0.25, -0.2) is 5.01 Å². The first-order chi connectivity index (χ1) is 10.2. The van der Waals surface area contributed by atoms with Gasteiger partial charge in [-0.1, -0.05) is 12.8 Å². The van der Waals surface area contributed by atoms with Crippen LogP contribution in [0.4, 0.5) is 5.69 Å². The molecule has 0 spiro atoms. The third kappa shape index (κ3) is 2.48. The third-order valence-corrected chi connectivity index (χ3v) is 4.33. The lowest BCUT2D eigenvalue weighted by atomic mass is 9.78. The zero-order chi connectivity index (χ0) is 14.8. The van der Waals surface area contributed by atoms with Gasteiger partial charge in [0.1, 0.15) is 0 Å². The Labute approximate surface area is 124 Å². The summed E-state index contributed by atoms with van der Waals surface area (Å²) < 4.78 is 10.5. The smallest absolute Gasteiger partial charge is 0.251 e. The number of amides is 1. The molecule has 2 aliphatic rings. The lowest BCUT2D eigenvalue weighted by Crippen LogP contribution is -2.42. The average molecular weight is 288 g/mol. The fourth-order valence-corrected chi connectivity index (χ4v) is 3.16. The summed E-state index contributed by atoms with van der Waals surface area (Å²) in [5, 5.41) is 5.85. The molecule has 1 aromatic carbocycles. The van der Waals surface area contributed by atoms with Crippen LogP contribution in [-0.4, -0.2) is 26.3 Å². The van der Waals surface area contributed by atoms with Gasteiger partial charge in [-0.3, -0.25) is 4.79 Å². The zero-order valence-corrected chi connectivity index (χ0v) is 12.4. The molecule has 1 fully saturated rings. The minimum atomic E-state index is 0.0735. The number of anilines is 1. The monoisotopic (exact) mass is 288 g/mol. The van der Waals surface area contributed by atoms with E-state index in [4.69, 9.17) is 9.47 Å². The van der Waals surface area contributed by atoms with Crippen molar-refractivity contribution in [2.24, 2.45) is 16.9 Å². The molecule has 1 aliphatic heterocycles. The maximum atomic E-state index is 12.7. The van der Waals surface area contributed by atoms with E-state index in [0.29, 0.717) is 17.4 Å². The molecule has 1 aliphatic carbocycles. The predicted molar refractivity (Wildman–Crippen MR) is 81.0 cm³/mol. The standard InChI is InChI=1S/C16H20N2O3/c1-20-14-8-7-12(9-15(14)21-2)18-16(19)13-6-4-3-5-11(13)10-17-18/h7-11,13H,3-6H2,1-2H3. The molecule has 1 saturated carbocycles. The number of fused-ring (bicyclic) bond motifs is 1. The number of methoxy groups -OCH3 is 2. The molecule has 0 aromatic heterocycles. The van der Waals surface area contributed by atoms with E-state index in [1.807, 2.05) is 12.3 Å². The fourth-order valence-electron chi connectivity index (χ4n) is 3.16. The van der Waals surface area contributed by atoms with E-state index >= 15 is 0 Å². The first-order valence-corrected chi connectivity index (χ1v) is 7.34. The fraction of sp³-hybridized carbons (Fsp3) is 0.500. The molecule has 5 heteroatoms. The normalized spacial score (nSPS) is 24.7. The maximum absolute atomic E-state index is 12.7. The minimum Gasteiger partial charge on any atom is -0.493 e. The quantitative estimate of drug-likeness (QED) is 0.859. The van der Waals surface area contributed by atoms with E-state index in [0.717, 1.165) is 24.9 Å². The average Bonchev–Trinajstić information content (AvgIpc) is 2.55. The summed E-state index contributed by atoms with van der Waals surface area (Å²) in [4.78, 5) is 12.7. The van der Waals surface area contributed by atoms with Crippen LogP contribution in [0.15, 0.2) is 23.3 Å². The van der Waals surface area contributed by atoms with Gasteiger partial charge in [0.25, 0.3) is 5.91 Å². The Bertz CT molecular complexity index is 571. The summed E-state index contributed by atoms with van der Waals surface area (Å²) in [6.45, 7) is 0. The Hall–Kier alpha value is -2.04. The molecule has 1 aromatic rings. The Kier molecular flexibility index (Phi) is 3.82. The van der Waals surface area contributed by atoms with E-state index in [2.05, 4.69) is 5.10 Å². The second kappa shape index (κ2) is 5.76. The van der Waals surface area contributed by atoms with E-state index in [1.54, 1.807) is 26.4 Å². The van der Waals surface area contributed by atoms with E-state index in [9.17, 15) is 4.79 Å². The number of ether oxygens (including phenoxy) is 2. The molecule has 2 atom stereocenters. The highest BCUT2D eigenvalue weighted by Crippen LogP contribution is 2.37. The molecule has 0 N–H and O–H groups in total. The van der Waals surface area contributed by atoms with Gasteiger partial charge < -0.3 is 9.47 Å². The second-order valence-electron chi connectivity index (χ2n) is 5.51. The summed E-state index contributed by atoms with van der Waals surface area (Å²) in [6.07, 6.45) is 6.28. The molecule has 1 heterocycles. The van der Waals surface area contributed by atoms with Gasteiger partial charge in [0.15, 0.2) is 11.5 Å². The van der Waals surface area contributed by atoms with Crippen molar-refractivity contribution < 1.29 is 14.3 Å². The predicted octanol–water partition coefficient (Wildman–Crippen LogP) is 2.84. The van der Waals surface area contributed by atoms with Crippen LogP contribution in [0, 0.1) is 11.8 Å². The van der Waals surface area contributed by atoms with Crippen LogP contribution < -0.4 is 14.5 Å². The molecule has 3 rings (SSSR count). The first kappa shape index (κ1) is 13.9. The maximum Gasteiger partial charge on any atom is 0.251 e. The lowest BCUT2D eigenvalue weighted by Gasteiger charge is -2.34. The Morgan fingerprint density at radius 2 is 1.90 bits per heavy atom. The van der Waals surface area contributed by atoms with Crippen molar-refractivity contribution in [3.63, 3.8) is 0 Å². The Morgan fingerprint density at radius 1 is 1.14 bits per heavy atom. The van der Waals surface area contributed by atoms with Crippen LogP contribution in [0.5, 0.6) is 11.5 Å². The van der Waals surface area contributed by atoms with Crippen molar-refractivity contribution in [1.29, 1.82) is 0 Å². The number of rotatable bonds is 3. The van der Waals surface area contributed by atoms with E-state index < -0.39 is 0 Å². The number of carbonyl (C=O) groups excluding carboxylic acids is 1. The highest BCUT2D eigenvalue weighted by atomic mass is 16.5. The number of hydrogen-bond acceptors (Lipinski definition) is 4. The molecule has 5 nitrogen and oxygen atoms in total. The van der Waals surface area contributed by atoms with Crippen LogP contribution in [-0.2, 0) is 4.79 Å². The van der Waals surface area contributed by atoms with Crippen LogP contribution in [0.2, 0.25) is 0 Å². The van der Waals surface area contributed by atoms with Gasteiger partial charge in [-0.05, 0) is 25.0 Å². The van der Waals surface area contributed by atoms with Gasteiger partial charge in [0.2, 0.25) is 0 Å². The largest absolute Gasteiger partial charge is 0.493 e. The third-order valence-electron chi connectivity index (χ3n) is 4.33. The summed E-state index contributed by atoms with van der Waals surface area (Å²) in [5.41, 5.74) is 0.720. The lowest BCUT2D eigenvalue weighted by molar-refractivity contribution is -0.124. The summed E-state index contributed by atoms with van der Waals surface area (Å²) in [7, 11) is 3.18. The minimum absolute atomic E-state index is 0.0735. The van der Waals surface area contributed by atoms with Gasteiger partial charge in [0, 0.05) is 24.1 Å². The Morgan fingerprint density at radius 3 is 2.67 bits per heavy atom. The number of hydrazone groups is 1. The first-order valence-electron chi connectivity index (χ1n) is 7.34.